The Kier molecular flexibility index (Phi) is 4.26. The third-order valence-electron chi connectivity index (χ3n) is 3.46. The lowest BCUT2D eigenvalue weighted by atomic mass is 10.1. The maximum atomic E-state index is 12.6. The Morgan fingerprint density at radius 2 is 1.96 bits per heavy atom. The Balaban J connectivity index is 2.41. The van der Waals surface area contributed by atoms with Gasteiger partial charge in [0.05, 0.1) is 16.2 Å². The molecule has 0 spiro atoms. The van der Waals surface area contributed by atoms with Crippen LogP contribution in [0.15, 0.2) is 58.6 Å². The quantitative estimate of drug-likeness (QED) is 0.556. The van der Waals surface area contributed by atoms with Crippen LogP contribution in [0.3, 0.4) is 0 Å². The molecule has 23 heavy (non-hydrogen) atoms. The maximum absolute atomic E-state index is 12.6. The van der Waals surface area contributed by atoms with E-state index in [0.29, 0.717) is 26.5 Å². The number of hydrogen-bond donors (Lipinski definition) is 1. The van der Waals surface area contributed by atoms with Crippen LogP contribution in [0.4, 0.5) is 0 Å². The van der Waals surface area contributed by atoms with Crippen molar-refractivity contribution in [2.45, 2.75) is 6.54 Å². The highest BCUT2D eigenvalue weighted by Gasteiger charge is 2.13. The van der Waals surface area contributed by atoms with E-state index in [1.807, 2.05) is 18.2 Å². The Bertz CT molecular complexity index is 1010. The molecule has 0 aliphatic carbocycles. The second-order valence-corrected chi connectivity index (χ2v) is 5.71. The number of aromatic nitrogens is 1. The van der Waals surface area contributed by atoms with Crippen LogP contribution in [-0.4, -0.2) is 4.57 Å². The van der Waals surface area contributed by atoms with E-state index in [2.05, 4.69) is 10.0 Å². The molecule has 0 aliphatic heterocycles. The molecule has 114 valence electrons. The van der Waals surface area contributed by atoms with Gasteiger partial charge in [0, 0.05) is 22.2 Å². The fourth-order valence-corrected chi connectivity index (χ4v) is 2.82. The summed E-state index contributed by atoms with van der Waals surface area (Å²) in [5.74, 6) is 0. The van der Waals surface area contributed by atoms with Gasteiger partial charge >= 0.3 is 0 Å². The fraction of sp³-hybridized carbons (Fsp3) is 0.0625. The molecular formula is C16H11Cl2N4O+. The minimum absolute atomic E-state index is 0.0331. The van der Waals surface area contributed by atoms with Crippen molar-refractivity contribution in [1.82, 2.24) is 9.48 Å². The van der Waals surface area contributed by atoms with Crippen molar-refractivity contribution in [1.29, 1.82) is 5.53 Å². The van der Waals surface area contributed by atoms with Crippen molar-refractivity contribution in [2.75, 3.05) is 0 Å². The van der Waals surface area contributed by atoms with Gasteiger partial charge in [-0.3, -0.25) is 4.79 Å². The Labute approximate surface area is 141 Å². The molecule has 0 radical (unpaired) electrons. The largest absolute Gasteiger partial charge is 0.314 e. The summed E-state index contributed by atoms with van der Waals surface area (Å²) in [5, 5.41) is 5.18. The Hall–Kier alpha value is -2.46. The maximum Gasteiger partial charge on any atom is 0.214 e. The van der Waals surface area contributed by atoms with E-state index in [4.69, 9.17) is 28.7 Å². The molecule has 7 heteroatoms. The van der Waals surface area contributed by atoms with E-state index < -0.39 is 0 Å². The average molecular weight is 346 g/mol. The van der Waals surface area contributed by atoms with Gasteiger partial charge in [-0.25, -0.2) is 0 Å². The van der Waals surface area contributed by atoms with E-state index in [9.17, 15) is 4.79 Å². The molecule has 0 saturated heterocycles. The molecular weight excluding hydrogens is 335 g/mol. The number of nitrogens with one attached hydrogen (secondary N) is 1. The van der Waals surface area contributed by atoms with Gasteiger partial charge in [0.2, 0.25) is 4.91 Å². The van der Waals surface area contributed by atoms with Crippen molar-refractivity contribution in [3.05, 3.63) is 74.5 Å². The van der Waals surface area contributed by atoms with Gasteiger partial charge in [0.25, 0.3) is 0 Å². The van der Waals surface area contributed by atoms with Gasteiger partial charge in [-0.05, 0) is 30.3 Å². The lowest BCUT2D eigenvalue weighted by Gasteiger charge is -2.14. The lowest BCUT2D eigenvalue weighted by molar-refractivity contribution is 0.846. The smallest absolute Gasteiger partial charge is 0.214 e. The van der Waals surface area contributed by atoms with Crippen LogP contribution in [0.5, 0.6) is 0 Å². The molecule has 3 rings (SSSR count). The van der Waals surface area contributed by atoms with Crippen molar-refractivity contribution in [3.8, 4) is 5.69 Å². The summed E-state index contributed by atoms with van der Waals surface area (Å²) < 4.78 is 1.81. The first-order valence-electron chi connectivity index (χ1n) is 6.73. The molecule has 3 aromatic rings. The molecule has 0 aliphatic rings. The van der Waals surface area contributed by atoms with Gasteiger partial charge in [-0.15, -0.1) is 0 Å². The van der Waals surface area contributed by atoms with Gasteiger partial charge in [-0.2, -0.15) is 0 Å². The standard InChI is InChI=1S/C16H11Cl2N4O/c17-11-5-6-12-15(7-11)22(14-4-2-1-3-13(14)18)9-10(16(12)23)8-20-21-19/h1-7,9,19H,8H2/q+1. The number of para-hydroxylation sites is 1. The van der Waals surface area contributed by atoms with Crippen molar-refractivity contribution < 1.29 is 0 Å². The second kappa shape index (κ2) is 6.34. The molecule has 0 atom stereocenters. The van der Waals surface area contributed by atoms with Gasteiger partial charge < -0.3 is 4.57 Å². The van der Waals surface area contributed by atoms with Gasteiger partial charge in [0.15, 0.2) is 12.0 Å². The van der Waals surface area contributed by atoms with Crippen molar-refractivity contribution >= 4 is 34.1 Å². The molecule has 1 N–H and O–H groups in total. The summed E-state index contributed by atoms with van der Waals surface area (Å²) in [6.45, 7) is 0.0331. The first kappa shape index (κ1) is 15.4. The predicted octanol–water partition coefficient (Wildman–Crippen LogP) is 4.35. The fourth-order valence-electron chi connectivity index (χ4n) is 2.42. The third-order valence-corrected chi connectivity index (χ3v) is 4.02. The number of halogens is 2. The third kappa shape index (κ3) is 2.90. The Morgan fingerprint density at radius 3 is 2.70 bits per heavy atom. The topological polar surface area (TPSA) is 72.3 Å². The van der Waals surface area contributed by atoms with Gasteiger partial charge in [0.1, 0.15) is 10.6 Å². The number of nitrogens with zero attached hydrogens (tertiary/aromatic N) is 3. The van der Waals surface area contributed by atoms with Crippen LogP contribution < -0.4 is 10.3 Å². The number of fused-ring (bicyclic) bond motifs is 1. The van der Waals surface area contributed by atoms with Crippen LogP contribution >= 0.6 is 23.2 Å². The van der Waals surface area contributed by atoms with Gasteiger partial charge in [-0.1, -0.05) is 35.3 Å². The zero-order chi connectivity index (χ0) is 16.4. The SMILES string of the molecule is N=[N+]=NCc1cn(-c2ccccc2Cl)c2cc(Cl)ccc2c1=O. The zero-order valence-electron chi connectivity index (χ0n) is 11.8. The summed E-state index contributed by atoms with van der Waals surface area (Å²) in [6.07, 6.45) is 1.66. The van der Waals surface area contributed by atoms with E-state index in [0.717, 1.165) is 5.69 Å². The number of benzene rings is 2. The molecule has 0 amide bonds. The zero-order valence-corrected chi connectivity index (χ0v) is 13.3. The molecule has 5 nitrogen and oxygen atoms in total. The van der Waals surface area contributed by atoms with Crippen LogP contribution in [0.2, 0.25) is 10.0 Å². The first-order chi connectivity index (χ1) is 11.1. The van der Waals surface area contributed by atoms with Crippen LogP contribution in [0, 0.1) is 5.53 Å². The van der Waals surface area contributed by atoms with E-state index in [1.165, 1.54) is 0 Å². The Morgan fingerprint density at radius 1 is 1.17 bits per heavy atom. The summed E-state index contributed by atoms with van der Waals surface area (Å²) >= 11 is 12.4. The van der Waals surface area contributed by atoms with E-state index in [1.54, 1.807) is 35.0 Å². The summed E-state index contributed by atoms with van der Waals surface area (Å²) in [7, 11) is 0. The van der Waals surface area contributed by atoms with Crippen LogP contribution in [0.25, 0.3) is 16.6 Å². The van der Waals surface area contributed by atoms with E-state index >= 15 is 0 Å². The number of pyridine rings is 1. The van der Waals surface area contributed by atoms with Crippen LogP contribution in [-0.2, 0) is 6.54 Å². The van der Waals surface area contributed by atoms with Crippen LogP contribution in [0.1, 0.15) is 5.56 Å². The number of hydrogen-bond acceptors (Lipinski definition) is 3. The normalized spacial score (nSPS) is 10.5. The average Bonchev–Trinajstić information content (AvgIpc) is 2.55. The van der Waals surface area contributed by atoms with E-state index in [-0.39, 0.29) is 12.0 Å². The molecule has 0 fully saturated rings. The molecule has 1 aromatic heterocycles. The molecule has 2 aromatic carbocycles. The molecule has 1 heterocycles. The second-order valence-electron chi connectivity index (χ2n) is 4.87. The highest BCUT2D eigenvalue weighted by molar-refractivity contribution is 6.32. The monoisotopic (exact) mass is 345 g/mol. The first-order valence-corrected chi connectivity index (χ1v) is 7.49. The predicted molar refractivity (Wildman–Crippen MR) is 90.6 cm³/mol. The molecule has 0 unspecified atom stereocenters. The highest BCUT2D eigenvalue weighted by atomic mass is 35.5. The van der Waals surface area contributed by atoms with Crippen molar-refractivity contribution in [3.63, 3.8) is 0 Å². The summed E-state index contributed by atoms with van der Waals surface area (Å²) in [4.78, 5) is 15.5. The minimum atomic E-state index is -0.160. The molecule has 0 bridgehead atoms. The van der Waals surface area contributed by atoms with Crippen molar-refractivity contribution in [2.24, 2.45) is 5.11 Å². The minimum Gasteiger partial charge on any atom is -0.314 e. The highest BCUT2D eigenvalue weighted by Crippen LogP contribution is 2.26. The number of rotatable bonds is 3. The lowest BCUT2D eigenvalue weighted by Crippen LogP contribution is -2.14. The summed E-state index contributed by atoms with van der Waals surface area (Å²) in [6, 6.07) is 12.4. The molecule has 0 saturated carbocycles. The summed E-state index contributed by atoms with van der Waals surface area (Å²) in [5.41, 5.74) is 8.43.